The first-order valence-electron chi connectivity index (χ1n) is 4.14. The lowest BCUT2D eigenvalue weighted by molar-refractivity contribution is 0.377. The normalized spacial score (nSPS) is 19.9. The molecule has 0 saturated carbocycles. The van der Waals surface area contributed by atoms with Crippen molar-refractivity contribution in [2.24, 2.45) is 5.73 Å². The molecule has 1 aromatic heterocycles. The van der Waals surface area contributed by atoms with Gasteiger partial charge in [-0.15, -0.1) is 5.10 Å². The second kappa shape index (κ2) is 3.10. The molecule has 2 rings (SSSR count). The maximum atomic E-state index is 5.76. The SMILES string of the molecule is NC1CCN(c2cnno2)CC1. The first-order chi connectivity index (χ1) is 5.86. The van der Waals surface area contributed by atoms with Gasteiger partial charge in [0.25, 0.3) is 0 Å². The molecule has 0 aromatic carbocycles. The minimum absolute atomic E-state index is 0.345. The Hall–Kier alpha value is -1.10. The van der Waals surface area contributed by atoms with Gasteiger partial charge >= 0.3 is 0 Å². The van der Waals surface area contributed by atoms with E-state index in [0.717, 1.165) is 31.8 Å². The molecule has 12 heavy (non-hydrogen) atoms. The van der Waals surface area contributed by atoms with Gasteiger partial charge in [-0.3, -0.25) is 0 Å². The minimum atomic E-state index is 0.345. The predicted molar refractivity (Wildman–Crippen MR) is 43.7 cm³/mol. The molecule has 1 aliphatic rings. The molecule has 0 atom stereocenters. The number of nitrogens with zero attached hydrogens (tertiary/aromatic N) is 3. The Morgan fingerprint density at radius 2 is 2.25 bits per heavy atom. The van der Waals surface area contributed by atoms with E-state index < -0.39 is 0 Å². The van der Waals surface area contributed by atoms with Crippen molar-refractivity contribution in [1.82, 2.24) is 10.4 Å². The highest BCUT2D eigenvalue weighted by Gasteiger charge is 2.18. The topological polar surface area (TPSA) is 68.2 Å². The maximum absolute atomic E-state index is 5.76. The second-order valence-corrected chi connectivity index (χ2v) is 3.08. The molecule has 66 valence electrons. The predicted octanol–water partition coefficient (Wildman–Crippen LogP) is -0.00290. The van der Waals surface area contributed by atoms with E-state index in [2.05, 4.69) is 15.3 Å². The molecule has 1 aliphatic heterocycles. The van der Waals surface area contributed by atoms with E-state index in [1.165, 1.54) is 0 Å². The van der Waals surface area contributed by atoms with Crippen molar-refractivity contribution < 1.29 is 4.52 Å². The highest BCUT2D eigenvalue weighted by molar-refractivity contribution is 5.31. The molecular formula is C7H12N4O. The molecule has 1 saturated heterocycles. The summed E-state index contributed by atoms with van der Waals surface area (Å²) in [6.07, 6.45) is 3.66. The number of piperidine rings is 1. The Morgan fingerprint density at radius 3 is 2.83 bits per heavy atom. The monoisotopic (exact) mass is 168 g/mol. The van der Waals surface area contributed by atoms with E-state index in [-0.39, 0.29) is 0 Å². The third-order valence-corrected chi connectivity index (χ3v) is 2.20. The van der Waals surface area contributed by atoms with Crippen molar-refractivity contribution in [2.75, 3.05) is 18.0 Å². The number of rotatable bonds is 1. The standard InChI is InChI=1S/C7H12N4O/c8-6-1-3-11(4-2-6)7-5-9-10-12-7/h5-6H,1-4,8H2. The second-order valence-electron chi connectivity index (χ2n) is 3.08. The van der Waals surface area contributed by atoms with Gasteiger partial charge in [-0.05, 0) is 12.8 Å². The summed E-state index contributed by atoms with van der Waals surface area (Å²) in [6.45, 7) is 1.88. The molecule has 0 spiro atoms. The van der Waals surface area contributed by atoms with Crippen LogP contribution in [-0.2, 0) is 0 Å². The third-order valence-electron chi connectivity index (χ3n) is 2.20. The third kappa shape index (κ3) is 1.40. The molecule has 0 amide bonds. The van der Waals surface area contributed by atoms with Gasteiger partial charge in [0.1, 0.15) is 6.20 Å². The number of hydrogen-bond donors (Lipinski definition) is 1. The molecular weight excluding hydrogens is 156 g/mol. The van der Waals surface area contributed by atoms with E-state index in [1.54, 1.807) is 6.20 Å². The van der Waals surface area contributed by atoms with Gasteiger partial charge in [0.2, 0.25) is 5.88 Å². The zero-order chi connectivity index (χ0) is 8.39. The van der Waals surface area contributed by atoms with Gasteiger partial charge in [-0.1, -0.05) is 0 Å². The molecule has 1 fully saturated rings. The number of hydrogen-bond acceptors (Lipinski definition) is 5. The highest BCUT2D eigenvalue weighted by Crippen LogP contribution is 2.16. The van der Waals surface area contributed by atoms with E-state index in [4.69, 9.17) is 10.3 Å². The van der Waals surface area contributed by atoms with Crippen LogP contribution in [0, 0.1) is 0 Å². The summed E-state index contributed by atoms with van der Waals surface area (Å²) in [7, 11) is 0. The van der Waals surface area contributed by atoms with Gasteiger partial charge in [0.05, 0.1) is 0 Å². The molecule has 0 unspecified atom stereocenters. The molecule has 1 aromatic rings. The summed E-state index contributed by atoms with van der Waals surface area (Å²) in [4.78, 5) is 2.11. The van der Waals surface area contributed by atoms with E-state index >= 15 is 0 Å². The first kappa shape index (κ1) is 7.54. The lowest BCUT2D eigenvalue weighted by Gasteiger charge is -2.28. The molecule has 0 aliphatic carbocycles. The van der Waals surface area contributed by atoms with E-state index in [0.29, 0.717) is 6.04 Å². The lowest BCUT2D eigenvalue weighted by Crippen LogP contribution is -2.39. The number of aromatic nitrogens is 2. The Bertz CT molecular complexity index is 228. The van der Waals surface area contributed by atoms with Crippen LogP contribution in [0.3, 0.4) is 0 Å². The first-order valence-corrected chi connectivity index (χ1v) is 4.14. The van der Waals surface area contributed by atoms with Gasteiger partial charge in [-0.2, -0.15) is 0 Å². The Morgan fingerprint density at radius 1 is 1.50 bits per heavy atom. The van der Waals surface area contributed by atoms with Crippen molar-refractivity contribution >= 4 is 5.88 Å². The van der Waals surface area contributed by atoms with Crippen LogP contribution in [0.25, 0.3) is 0 Å². The number of nitrogens with two attached hydrogens (primary N) is 1. The zero-order valence-corrected chi connectivity index (χ0v) is 6.81. The Balaban J connectivity index is 1.99. The van der Waals surface area contributed by atoms with Crippen LogP contribution < -0.4 is 10.6 Å². The van der Waals surface area contributed by atoms with Crippen LogP contribution in [-0.4, -0.2) is 29.5 Å². The van der Waals surface area contributed by atoms with Crippen LogP contribution in [0.1, 0.15) is 12.8 Å². The van der Waals surface area contributed by atoms with Crippen molar-refractivity contribution in [1.29, 1.82) is 0 Å². The average molecular weight is 168 g/mol. The smallest absolute Gasteiger partial charge is 0.247 e. The van der Waals surface area contributed by atoms with Gasteiger partial charge < -0.3 is 15.2 Å². The fourth-order valence-corrected chi connectivity index (χ4v) is 1.42. The average Bonchev–Trinajstić information content (AvgIpc) is 2.58. The summed E-state index contributed by atoms with van der Waals surface area (Å²) in [5.41, 5.74) is 5.76. The van der Waals surface area contributed by atoms with Crippen LogP contribution in [0.4, 0.5) is 5.88 Å². The maximum Gasteiger partial charge on any atom is 0.247 e. The quantitative estimate of drug-likeness (QED) is 0.639. The zero-order valence-electron chi connectivity index (χ0n) is 6.81. The van der Waals surface area contributed by atoms with Gasteiger partial charge in [0.15, 0.2) is 0 Å². The van der Waals surface area contributed by atoms with Crippen molar-refractivity contribution in [2.45, 2.75) is 18.9 Å². The summed E-state index contributed by atoms with van der Waals surface area (Å²) < 4.78 is 4.93. The Labute approximate surface area is 70.5 Å². The largest absolute Gasteiger partial charge is 0.339 e. The van der Waals surface area contributed by atoms with Crippen molar-refractivity contribution in [3.63, 3.8) is 0 Å². The lowest BCUT2D eigenvalue weighted by atomic mass is 10.1. The van der Waals surface area contributed by atoms with Crippen molar-refractivity contribution in [3.05, 3.63) is 6.20 Å². The molecule has 2 N–H and O–H groups in total. The summed E-state index contributed by atoms with van der Waals surface area (Å²) in [5.74, 6) is 0.752. The van der Waals surface area contributed by atoms with Gasteiger partial charge in [-0.25, -0.2) is 0 Å². The highest BCUT2D eigenvalue weighted by atomic mass is 16.5. The number of anilines is 1. The fourth-order valence-electron chi connectivity index (χ4n) is 1.42. The minimum Gasteiger partial charge on any atom is -0.339 e. The molecule has 0 bridgehead atoms. The van der Waals surface area contributed by atoms with E-state index in [1.807, 2.05) is 0 Å². The van der Waals surface area contributed by atoms with E-state index in [9.17, 15) is 0 Å². The van der Waals surface area contributed by atoms with Gasteiger partial charge in [0, 0.05) is 24.4 Å². The van der Waals surface area contributed by atoms with Crippen molar-refractivity contribution in [3.8, 4) is 0 Å². The van der Waals surface area contributed by atoms with Crippen LogP contribution in [0.2, 0.25) is 0 Å². The molecule has 2 heterocycles. The summed E-state index contributed by atoms with van der Waals surface area (Å²) in [6, 6.07) is 0.345. The molecule has 5 heteroatoms. The Kier molecular flexibility index (Phi) is 1.95. The van der Waals surface area contributed by atoms with Crippen LogP contribution in [0.15, 0.2) is 10.7 Å². The summed E-state index contributed by atoms with van der Waals surface area (Å²) >= 11 is 0. The molecule has 5 nitrogen and oxygen atoms in total. The van der Waals surface area contributed by atoms with Crippen LogP contribution in [0.5, 0.6) is 0 Å². The summed E-state index contributed by atoms with van der Waals surface area (Å²) in [5, 5.41) is 7.05. The fraction of sp³-hybridized carbons (Fsp3) is 0.714. The van der Waals surface area contributed by atoms with Crippen LogP contribution >= 0.6 is 0 Å². The molecule has 0 radical (unpaired) electrons.